The maximum absolute atomic E-state index is 10.8. The van der Waals surface area contributed by atoms with E-state index in [0.29, 0.717) is 19.0 Å². The van der Waals surface area contributed by atoms with Crippen molar-refractivity contribution in [3.63, 3.8) is 0 Å². The first kappa shape index (κ1) is 14.2. The van der Waals surface area contributed by atoms with Crippen LogP contribution in [0.4, 0.5) is 4.79 Å². The maximum atomic E-state index is 10.8. The third-order valence-electron chi connectivity index (χ3n) is 3.78. The van der Waals surface area contributed by atoms with E-state index in [2.05, 4.69) is 0 Å². The number of nitrogens with zero attached hydrogens (tertiary/aromatic N) is 1. The van der Waals surface area contributed by atoms with E-state index in [9.17, 15) is 4.79 Å². The Balaban J connectivity index is 1.88. The summed E-state index contributed by atoms with van der Waals surface area (Å²) in [6, 6.07) is 7.81. The van der Waals surface area contributed by atoms with Gasteiger partial charge in [0.05, 0.1) is 0 Å². The van der Waals surface area contributed by atoms with Gasteiger partial charge in [-0.05, 0) is 42.9 Å². The highest BCUT2D eigenvalue weighted by Crippen LogP contribution is 2.22. The van der Waals surface area contributed by atoms with Crippen LogP contribution in [0.25, 0.3) is 0 Å². The molecule has 1 aliphatic rings. The van der Waals surface area contributed by atoms with Crippen molar-refractivity contribution in [2.75, 3.05) is 13.1 Å². The number of amides is 1. The highest BCUT2D eigenvalue weighted by molar-refractivity contribution is 6.30. The third-order valence-corrected chi connectivity index (χ3v) is 4.01. The normalized spacial score (nSPS) is 18.3. The van der Waals surface area contributed by atoms with Crippen LogP contribution < -0.4 is 5.73 Å². The molecule has 0 radical (unpaired) electrons. The molecule has 0 aliphatic carbocycles. The first-order valence-corrected chi connectivity index (χ1v) is 6.92. The molecule has 1 aromatic rings. The second-order valence-electron chi connectivity index (χ2n) is 5.10. The zero-order valence-corrected chi connectivity index (χ0v) is 11.5. The Morgan fingerprint density at radius 2 is 2.16 bits per heavy atom. The molecule has 2 rings (SSSR count). The molecular weight excluding hydrogens is 264 g/mol. The lowest BCUT2D eigenvalue weighted by Crippen LogP contribution is -2.43. The van der Waals surface area contributed by atoms with Gasteiger partial charge in [0.2, 0.25) is 0 Å². The molecule has 0 aromatic heterocycles. The summed E-state index contributed by atoms with van der Waals surface area (Å²) in [4.78, 5) is 12.3. The molecule has 1 unspecified atom stereocenters. The maximum Gasteiger partial charge on any atom is 0.407 e. The number of hydrogen-bond acceptors (Lipinski definition) is 2. The molecule has 19 heavy (non-hydrogen) atoms. The minimum atomic E-state index is -0.832. The van der Waals surface area contributed by atoms with Gasteiger partial charge < -0.3 is 15.7 Å². The van der Waals surface area contributed by atoms with Crippen molar-refractivity contribution in [1.29, 1.82) is 0 Å². The molecular formula is C14H19ClN2O2. The van der Waals surface area contributed by atoms with E-state index in [0.717, 1.165) is 29.8 Å². The summed E-state index contributed by atoms with van der Waals surface area (Å²) in [6.07, 6.45) is 1.64. The molecule has 1 heterocycles. The molecule has 104 valence electrons. The van der Waals surface area contributed by atoms with Crippen LogP contribution in [0.2, 0.25) is 5.02 Å². The zero-order chi connectivity index (χ0) is 13.8. The van der Waals surface area contributed by atoms with Gasteiger partial charge in [-0.15, -0.1) is 0 Å². The van der Waals surface area contributed by atoms with Gasteiger partial charge in [0.25, 0.3) is 0 Å². The second-order valence-corrected chi connectivity index (χ2v) is 5.54. The predicted molar refractivity (Wildman–Crippen MR) is 75.5 cm³/mol. The number of hydrogen-bond donors (Lipinski definition) is 2. The van der Waals surface area contributed by atoms with Crippen molar-refractivity contribution in [1.82, 2.24) is 4.90 Å². The average molecular weight is 283 g/mol. The SMILES string of the molecule is NC(Cc1cccc(Cl)c1)C1CCN(C(=O)O)CC1. The zero-order valence-electron chi connectivity index (χ0n) is 10.8. The van der Waals surface area contributed by atoms with E-state index < -0.39 is 6.09 Å². The summed E-state index contributed by atoms with van der Waals surface area (Å²) in [5.41, 5.74) is 7.38. The quantitative estimate of drug-likeness (QED) is 0.895. The summed E-state index contributed by atoms with van der Waals surface area (Å²) >= 11 is 5.96. The van der Waals surface area contributed by atoms with Gasteiger partial charge in [-0.3, -0.25) is 0 Å². The largest absolute Gasteiger partial charge is 0.465 e. The molecule has 1 saturated heterocycles. The van der Waals surface area contributed by atoms with Crippen LogP contribution in [-0.2, 0) is 6.42 Å². The Bertz CT molecular complexity index is 445. The molecule has 0 spiro atoms. The standard InChI is InChI=1S/C14H19ClN2O2/c15-12-3-1-2-10(8-12)9-13(16)11-4-6-17(7-5-11)14(18)19/h1-3,8,11,13H,4-7,9,16H2,(H,18,19). The number of piperidine rings is 1. The smallest absolute Gasteiger partial charge is 0.407 e. The Hall–Kier alpha value is -1.26. The van der Waals surface area contributed by atoms with Crippen LogP contribution in [0.5, 0.6) is 0 Å². The second kappa shape index (κ2) is 6.26. The van der Waals surface area contributed by atoms with Crippen molar-refractivity contribution in [3.8, 4) is 0 Å². The number of carboxylic acid groups (broad SMARTS) is 1. The summed E-state index contributed by atoms with van der Waals surface area (Å²) in [5.74, 6) is 0.384. The van der Waals surface area contributed by atoms with E-state index >= 15 is 0 Å². The fourth-order valence-electron chi connectivity index (χ4n) is 2.62. The highest BCUT2D eigenvalue weighted by Gasteiger charge is 2.26. The number of nitrogens with two attached hydrogens (primary N) is 1. The Morgan fingerprint density at radius 3 is 2.74 bits per heavy atom. The first-order valence-electron chi connectivity index (χ1n) is 6.54. The van der Waals surface area contributed by atoms with Crippen LogP contribution in [0.3, 0.4) is 0 Å². The van der Waals surface area contributed by atoms with Gasteiger partial charge in [0.15, 0.2) is 0 Å². The van der Waals surface area contributed by atoms with Gasteiger partial charge in [0.1, 0.15) is 0 Å². The molecule has 1 amide bonds. The highest BCUT2D eigenvalue weighted by atomic mass is 35.5. The van der Waals surface area contributed by atoms with E-state index in [1.165, 1.54) is 4.90 Å². The fraction of sp³-hybridized carbons (Fsp3) is 0.500. The van der Waals surface area contributed by atoms with Crippen molar-refractivity contribution < 1.29 is 9.90 Å². The molecule has 0 saturated carbocycles. The van der Waals surface area contributed by atoms with Crippen LogP contribution in [-0.4, -0.2) is 35.2 Å². The van der Waals surface area contributed by atoms with Gasteiger partial charge >= 0.3 is 6.09 Å². The lowest BCUT2D eigenvalue weighted by Gasteiger charge is -2.33. The molecule has 5 heteroatoms. The van der Waals surface area contributed by atoms with E-state index in [-0.39, 0.29) is 6.04 Å². The molecule has 1 aliphatic heterocycles. The van der Waals surface area contributed by atoms with Crippen molar-refractivity contribution in [2.45, 2.75) is 25.3 Å². The molecule has 3 N–H and O–H groups in total. The van der Waals surface area contributed by atoms with E-state index in [4.69, 9.17) is 22.4 Å². The van der Waals surface area contributed by atoms with Crippen LogP contribution in [0.1, 0.15) is 18.4 Å². The lowest BCUT2D eigenvalue weighted by molar-refractivity contribution is 0.120. The average Bonchev–Trinajstić information content (AvgIpc) is 2.39. The topological polar surface area (TPSA) is 66.6 Å². The Kier molecular flexibility index (Phi) is 4.66. The summed E-state index contributed by atoms with van der Waals surface area (Å²) in [7, 11) is 0. The van der Waals surface area contributed by atoms with Crippen LogP contribution >= 0.6 is 11.6 Å². The Labute approximate surface area is 118 Å². The number of benzene rings is 1. The predicted octanol–water partition coefficient (Wildman–Crippen LogP) is 2.60. The van der Waals surface area contributed by atoms with E-state index in [1.807, 2.05) is 24.3 Å². The summed E-state index contributed by atoms with van der Waals surface area (Å²) < 4.78 is 0. The monoisotopic (exact) mass is 282 g/mol. The van der Waals surface area contributed by atoms with Crippen LogP contribution in [0.15, 0.2) is 24.3 Å². The number of carbonyl (C=O) groups is 1. The molecule has 4 nitrogen and oxygen atoms in total. The Morgan fingerprint density at radius 1 is 1.47 bits per heavy atom. The van der Waals surface area contributed by atoms with Gasteiger partial charge in [0, 0.05) is 24.2 Å². The molecule has 1 atom stereocenters. The van der Waals surface area contributed by atoms with Gasteiger partial charge in [-0.2, -0.15) is 0 Å². The summed E-state index contributed by atoms with van der Waals surface area (Å²) in [5, 5.41) is 9.64. The minimum Gasteiger partial charge on any atom is -0.465 e. The van der Waals surface area contributed by atoms with E-state index in [1.54, 1.807) is 0 Å². The minimum absolute atomic E-state index is 0.0643. The molecule has 1 fully saturated rings. The lowest BCUT2D eigenvalue weighted by atomic mass is 9.86. The van der Waals surface area contributed by atoms with Crippen molar-refractivity contribution in [2.24, 2.45) is 11.7 Å². The summed E-state index contributed by atoms with van der Waals surface area (Å²) in [6.45, 7) is 1.17. The molecule has 1 aromatic carbocycles. The molecule has 0 bridgehead atoms. The number of rotatable bonds is 3. The van der Waals surface area contributed by atoms with Crippen LogP contribution in [0, 0.1) is 5.92 Å². The third kappa shape index (κ3) is 3.85. The number of likely N-dealkylation sites (tertiary alicyclic amines) is 1. The van der Waals surface area contributed by atoms with Crippen molar-refractivity contribution in [3.05, 3.63) is 34.9 Å². The number of halogens is 1. The van der Waals surface area contributed by atoms with Crippen molar-refractivity contribution >= 4 is 17.7 Å². The van der Waals surface area contributed by atoms with Gasteiger partial charge in [-0.25, -0.2) is 4.79 Å². The van der Waals surface area contributed by atoms with Gasteiger partial charge in [-0.1, -0.05) is 23.7 Å². The first-order chi connectivity index (χ1) is 9.06. The fourth-order valence-corrected chi connectivity index (χ4v) is 2.83.